The van der Waals surface area contributed by atoms with Crippen LogP contribution in [-0.2, 0) is 0 Å². The van der Waals surface area contributed by atoms with Crippen molar-refractivity contribution in [3.8, 4) is 17.6 Å². The van der Waals surface area contributed by atoms with Crippen LogP contribution in [0, 0.1) is 11.3 Å². The van der Waals surface area contributed by atoms with Crippen LogP contribution in [-0.4, -0.2) is 14.2 Å². The van der Waals surface area contributed by atoms with Gasteiger partial charge in [0, 0.05) is 6.07 Å². The lowest BCUT2D eigenvalue weighted by molar-refractivity contribution is 0.399. The standard InChI is InChI=1S/C9H8BrNO2/c1-12-7-3-6(5-11)9(13-2)8(10)4-7/h3-4H,1-2H3. The smallest absolute Gasteiger partial charge is 0.151 e. The summed E-state index contributed by atoms with van der Waals surface area (Å²) in [4.78, 5) is 0. The van der Waals surface area contributed by atoms with E-state index in [1.807, 2.05) is 6.07 Å². The lowest BCUT2D eigenvalue weighted by atomic mass is 10.2. The first kappa shape index (κ1) is 9.87. The molecule has 0 aliphatic carbocycles. The first-order valence-corrected chi connectivity index (χ1v) is 4.34. The number of rotatable bonds is 2. The molecule has 13 heavy (non-hydrogen) atoms. The summed E-state index contributed by atoms with van der Waals surface area (Å²) < 4.78 is 10.8. The molecular formula is C9H8BrNO2. The summed E-state index contributed by atoms with van der Waals surface area (Å²) in [6.07, 6.45) is 0. The van der Waals surface area contributed by atoms with Crippen molar-refractivity contribution in [1.29, 1.82) is 5.26 Å². The third-order valence-corrected chi connectivity index (χ3v) is 2.17. The lowest BCUT2D eigenvalue weighted by Crippen LogP contribution is -1.91. The van der Waals surface area contributed by atoms with Crippen LogP contribution in [0.2, 0.25) is 0 Å². The van der Waals surface area contributed by atoms with Crippen LogP contribution in [0.1, 0.15) is 5.56 Å². The monoisotopic (exact) mass is 241 g/mol. The molecule has 0 radical (unpaired) electrons. The Labute approximate surface area is 85.0 Å². The Morgan fingerprint density at radius 1 is 1.31 bits per heavy atom. The molecule has 0 atom stereocenters. The highest BCUT2D eigenvalue weighted by molar-refractivity contribution is 9.10. The van der Waals surface area contributed by atoms with Crippen molar-refractivity contribution in [2.75, 3.05) is 14.2 Å². The van der Waals surface area contributed by atoms with E-state index in [2.05, 4.69) is 15.9 Å². The Bertz CT molecular complexity index is 357. The lowest BCUT2D eigenvalue weighted by Gasteiger charge is -2.07. The van der Waals surface area contributed by atoms with Crippen LogP contribution in [0.4, 0.5) is 0 Å². The molecule has 0 fully saturated rings. The number of methoxy groups -OCH3 is 2. The highest BCUT2D eigenvalue weighted by Gasteiger charge is 2.09. The van der Waals surface area contributed by atoms with Crippen molar-refractivity contribution < 1.29 is 9.47 Å². The molecule has 3 nitrogen and oxygen atoms in total. The van der Waals surface area contributed by atoms with Gasteiger partial charge in [0.25, 0.3) is 0 Å². The van der Waals surface area contributed by atoms with Gasteiger partial charge in [-0.05, 0) is 22.0 Å². The number of ether oxygens (including phenoxy) is 2. The fraction of sp³-hybridized carbons (Fsp3) is 0.222. The predicted molar refractivity (Wildman–Crippen MR) is 52.0 cm³/mol. The van der Waals surface area contributed by atoms with E-state index in [-0.39, 0.29) is 0 Å². The normalized spacial score (nSPS) is 9.08. The summed E-state index contributed by atoms with van der Waals surface area (Å²) in [7, 11) is 3.07. The van der Waals surface area contributed by atoms with E-state index in [9.17, 15) is 0 Å². The highest BCUT2D eigenvalue weighted by Crippen LogP contribution is 2.32. The SMILES string of the molecule is COc1cc(Br)c(OC)c(C#N)c1. The minimum atomic E-state index is 0.453. The molecule has 1 rings (SSSR count). The molecule has 0 aliphatic heterocycles. The number of benzene rings is 1. The maximum atomic E-state index is 8.79. The van der Waals surface area contributed by atoms with Gasteiger partial charge >= 0.3 is 0 Å². The van der Waals surface area contributed by atoms with Crippen molar-refractivity contribution in [1.82, 2.24) is 0 Å². The maximum absolute atomic E-state index is 8.79. The van der Waals surface area contributed by atoms with Crippen LogP contribution in [0.15, 0.2) is 16.6 Å². The number of halogens is 1. The zero-order chi connectivity index (χ0) is 9.84. The van der Waals surface area contributed by atoms with Gasteiger partial charge in [0.2, 0.25) is 0 Å². The molecule has 0 bridgehead atoms. The predicted octanol–water partition coefficient (Wildman–Crippen LogP) is 2.34. The molecule has 68 valence electrons. The Hall–Kier alpha value is -1.21. The molecular weight excluding hydrogens is 234 g/mol. The first-order chi connectivity index (χ1) is 6.22. The van der Waals surface area contributed by atoms with Crippen LogP contribution in [0.25, 0.3) is 0 Å². The van der Waals surface area contributed by atoms with Crippen LogP contribution < -0.4 is 9.47 Å². The average Bonchev–Trinajstić information content (AvgIpc) is 2.16. The second-order valence-electron chi connectivity index (χ2n) is 2.30. The fourth-order valence-electron chi connectivity index (χ4n) is 0.977. The van der Waals surface area contributed by atoms with Crippen LogP contribution in [0.3, 0.4) is 0 Å². The van der Waals surface area contributed by atoms with Crippen LogP contribution in [0.5, 0.6) is 11.5 Å². The second-order valence-corrected chi connectivity index (χ2v) is 3.16. The molecule has 1 aromatic rings. The van der Waals surface area contributed by atoms with Gasteiger partial charge in [0.1, 0.15) is 11.8 Å². The molecule has 0 aromatic heterocycles. The molecule has 0 aliphatic rings. The third kappa shape index (κ3) is 1.93. The van der Waals surface area contributed by atoms with Gasteiger partial charge in [-0.2, -0.15) is 5.26 Å². The topological polar surface area (TPSA) is 42.2 Å². The summed E-state index contributed by atoms with van der Waals surface area (Å²) in [5, 5.41) is 8.79. The van der Waals surface area contributed by atoms with E-state index >= 15 is 0 Å². The number of hydrogen-bond acceptors (Lipinski definition) is 3. The highest BCUT2D eigenvalue weighted by atomic mass is 79.9. The van der Waals surface area contributed by atoms with E-state index in [4.69, 9.17) is 14.7 Å². The molecule has 0 saturated heterocycles. The van der Waals surface area contributed by atoms with Gasteiger partial charge in [0.05, 0.1) is 24.3 Å². The molecule has 1 aromatic carbocycles. The molecule has 0 saturated carbocycles. The molecule has 4 heteroatoms. The summed E-state index contributed by atoms with van der Waals surface area (Å²) in [5.74, 6) is 1.16. The first-order valence-electron chi connectivity index (χ1n) is 3.54. The summed E-state index contributed by atoms with van der Waals surface area (Å²) in [6.45, 7) is 0. The molecule has 0 N–H and O–H groups in total. The number of hydrogen-bond donors (Lipinski definition) is 0. The zero-order valence-electron chi connectivity index (χ0n) is 7.30. The second kappa shape index (κ2) is 4.15. The third-order valence-electron chi connectivity index (χ3n) is 1.58. The quantitative estimate of drug-likeness (QED) is 0.799. The largest absolute Gasteiger partial charge is 0.497 e. The summed E-state index contributed by atoms with van der Waals surface area (Å²) >= 11 is 3.28. The molecule has 0 unspecified atom stereocenters. The van der Waals surface area contributed by atoms with Crippen molar-refractivity contribution in [3.63, 3.8) is 0 Å². The van der Waals surface area contributed by atoms with E-state index < -0.39 is 0 Å². The Morgan fingerprint density at radius 2 is 2.00 bits per heavy atom. The van der Waals surface area contributed by atoms with Gasteiger partial charge in [-0.15, -0.1) is 0 Å². The summed E-state index contributed by atoms with van der Waals surface area (Å²) in [6, 6.07) is 5.41. The van der Waals surface area contributed by atoms with Gasteiger partial charge < -0.3 is 9.47 Å². The van der Waals surface area contributed by atoms with E-state index in [1.54, 1.807) is 19.2 Å². The molecule has 0 spiro atoms. The van der Waals surface area contributed by atoms with Crippen molar-refractivity contribution in [2.24, 2.45) is 0 Å². The van der Waals surface area contributed by atoms with Gasteiger partial charge in [0.15, 0.2) is 5.75 Å². The summed E-state index contributed by atoms with van der Waals surface area (Å²) in [5.41, 5.74) is 0.453. The Kier molecular flexibility index (Phi) is 3.15. The molecule has 0 amide bonds. The van der Waals surface area contributed by atoms with E-state index in [0.717, 1.165) is 0 Å². The van der Waals surface area contributed by atoms with Crippen molar-refractivity contribution in [2.45, 2.75) is 0 Å². The number of nitrogens with zero attached hydrogens (tertiary/aromatic N) is 1. The fourth-order valence-corrected chi connectivity index (χ4v) is 1.58. The Balaban J connectivity index is 3.31. The number of nitriles is 1. The van der Waals surface area contributed by atoms with Crippen LogP contribution >= 0.6 is 15.9 Å². The van der Waals surface area contributed by atoms with E-state index in [1.165, 1.54) is 7.11 Å². The zero-order valence-corrected chi connectivity index (χ0v) is 8.88. The minimum Gasteiger partial charge on any atom is -0.497 e. The van der Waals surface area contributed by atoms with Crippen molar-refractivity contribution in [3.05, 3.63) is 22.2 Å². The van der Waals surface area contributed by atoms with E-state index in [0.29, 0.717) is 21.5 Å². The van der Waals surface area contributed by atoms with Gasteiger partial charge in [-0.3, -0.25) is 0 Å². The maximum Gasteiger partial charge on any atom is 0.151 e. The van der Waals surface area contributed by atoms with Gasteiger partial charge in [-0.25, -0.2) is 0 Å². The minimum absolute atomic E-state index is 0.453. The average molecular weight is 242 g/mol. The van der Waals surface area contributed by atoms with Crippen molar-refractivity contribution >= 4 is 15.9 Å². The Morgan fingerprint density at radius 3 is 2.46 bits per heavy atom. The van der Waals surface area contributed by atoms with Gasteiger partial charge in [-0.1, -0.05) is 0 Å². The molecule has 0 heterocycles.